The van der Waals surface area contributed by atoms with Crippen molar-refractivity contribution in [2.45, 2.75) is 37.1 Å². The second-order valence-electron chi connectivity index (χ2n) is 8.44. The van der Waals surface area contributed by atoms with E-state index in [1.165, 1.54) is 12.8 Å². The van der Waals surface area contributed by atoms with Gasteiger partial charge in [-0.15, -0.1) is 0 Å². The minimum atomic E-state index is -0.581. The largest absolute Gasteiger partial charge is 0.508 e. The SMILES string of the molecule is O=C(N[C@H](CN1CCCC1)c1cccc(O)c1)C1(c2ccc3oc(=O)[nH]c3c2)CC1. The van der Waals surface area contributed by atoms with Crippen LogP contribution in [0.3, 0.4) is 0 Å². The summed E-state index contributed by atoms with van der Waals surface area (Å²) in [4.78, 5) is 29.9. The lowest BCUT2D eigenvalue weighted by Gasteiger charge is -2.27. The zero-order chi connectivity index (χ0) is 20.7. The van der Waals surface area contributed by atoms with Crippen LogP contribution in [-0.4, -0.2) is 40.5 Å². The molecule has 1 aromatic heterocycles. The number of carbonyl (C=O) groups excluding carboxylic acids is 1. The van der Waals surface area contributed by atoms with Gasteiger partial charge in [-0.3, -0.25) is 9.78 Å². The molecule has 0 bridgehead atoms. The molecule has 156 valence electrons. The van der Waals surface area contributed by atoms with Crippen LogP contribution in [0, 0.1) is 0 Å². The third-order valence-electron chi connectivity index (χ3n) is 6.37. The van der Waals surface area contributed by atoms with Crippen LogP contribution in [-0.2, 0) is 10.2 Å². The number of oxazole rings is 1. The summed E-state index contributed by atoms with van der Waals surface area (Å²) in [6.07, 6.45) is 3.88. The van der Waals surface area contributed by atoms with Gasteiger partial charge in [0.05, 0.1) is 17.0 Å². The Morgan fingerprint density at radius 2 is 2.00 bits per heavy atom. The maximum atomic E-state index is 13.4. The van der Waals surface area contributed by atoms with Crippen molar-refractivity contribution in [1.29, 1.82) is 0 Å². The van der Waals surface area contributed by atoms with E-state index in [2.05, 4.69) is 15.2 Å². The molecule has 1 amide bonds. The van der Waals surface area contributed by atoms with Crippen LogP contribution < -0.4 is 11.1 Å². The van der Waals surface area contributed by atoms with E-state index in [4.69, 9.17) is 4.42 Å². The lowest BCUT2D eigenvalue weighted by Crippen LogP contribution is -2.41. The Bertz CT molecular complexity index is 1140. The van der Waals surface area contributed by atoms with E-state index in [1.807, 2.05) is 24.3 Å². The van der Waals surface area contributed by atoms with Crippen LogP contribution in [0.1, 0.15) is 42.9 Å². The summed E-state index contributed by atoms with van der Waals surface area (Å²) in [5, 5.41) is 13.2. The molecule has 2 heterocycles. The van der Waals surface area contributed by atoms with E-state index in [-0.39, 0.29) is 17.7 Å². The number of aromatic nitrogens is 1. The van der Waals surface area contributed by atoms with Crippen LogP contribution in [0.25, 0.3) is 11.1 Å². The normalized spacial score (nSPS) is 19.1. The Morgan fingerprint density at radius 3 is 2.73 bits per heavy atom. The first-order valence-electron chi connectivity index (χ1n) is 10.5. The quantitative estimate of drug-likeness (QED) is 0.584. The van der Waals surface area contributed by atoms with Crippen molar-refractivity contribution in [1.82, 2.24) is 15.2 Å². The van der Waals surface area contributed by atoms with E-state index in [9.17, 15) is 14.7 Å². The topological polar surface area (TPSA) is 98.6 Å². The molecule has 0 spiro atoms. The van der Waals surface area contributed by atoms with Crippen LogP contribution >= 0.6 is 0 Å². The second-order valence-corrected chi connectivity index (χ2v) is 8.44. The summed E-state index contributed by atoms with van der Waals surface area (Å²) in [5.74, 6) is -0.310. The van der Waals surface area contributed by atoms with E-state index < -0.39 is 11.2 Å². The van der Waals surface area contributed by atoms with E-state index >= 15 is 0 Å². The zero-order valence-electron chi connectivity index (χ0n) is 16.7. The third-order valence-corrected chi connectivity index (χ3v) is 6.37. The lowest BCUT2D eigenvalue weighted by atomic mass is 9.93. The number of H-pyrrole nitrogens is 1. The zero-order valence-corrected chi connectivity index (χ0v) is 16.7. The molecule has 1 aliphatic heterocycles. The lowest BCUT2D eigenvalue weighted by molar-refractivity contribution is -0.124. The van der Waals surface area contributed by atoms with Gasteiger partial charge in [-0.2, -0.15) is 0 Å². The van der Waals surface area contributed by atoms with Crippen molar-refractivity contribution < 1.29 is 14.3 Å². The standard InChI is InChI=1S/C23H25N3O4/c27-17-5-3-4-15(12-17)19(14-26-10-1-2-11-26)24-21(28)23(8-9-23)16-6-7-20-18(13-16)25-22(29)30-20/h3-7,12-13,19,27H,1-2,8-11,14H2,(H,24,28)(H,25,29)/t19-/m1/s1. The summed E-state index contributed by atoms with van der Waals surface area (Å²) in [6, 6.07) is 12.4. The molecular formula is C23H25N3O4. The number of phenols is 1. The van der Waals surface area contributed by atoms with Crippen LogP contribution in [0.15, 0.2) is 51.7 Å². The Hall–Kier alpha value is -3.06. The summed E-state index contributed by atoms with van der Waals surface area (Å²) < 4.78 is 5.08. The molecule has 2 aromatic carbocycles. The summed E-state index contributed by atoms with van der Waals surface area (Å²) in [6.45, 7) is 2.78. The number of hydrogen-bond acceptors (Lipinski definition) is 5. The van der Waals surface area contributed by atoms with Gasteiger partial charge in [0.1, 0.15) is 5.75 Å². The number of carbonyl (C=O) groups is 1. The number of amides is 1. The number of benzene rings is 2. The minimum absolute atomic E-state index is 0.0137. The number of aromatic amines is 1. The Labute approximate surface area is 173 Å². The summed E-state index contributed by atoms with van der Waals surface area (Å²) in [5.41, 5.74) is 2.31. The van der Waals surface area contributed by atoms with Crippen molar-refractivity contribution in [2.24, 2.45) is 0 Å². The number of rotatable bonds is 6. The molecule has 2 aliphatic rings. The molecule has 0 radical (unpaired) electrons. The van der Waals surface area contributed by atoms with Crippen LogP contribution in [0.2, 0.25) is 0 Å². The molecule has 5 rings (SSSR count). The summed E-state index contributed by atoms with van der Waals surface area (Å²) >= 11 is 0. The molecular weight excluding hydrogens is 382 g/mol. The Morgan fingerprint density at radius 1 is 1.20 bits per heavy atom. The van der Waals surface area contributed by atoms with E-state index in [1.54, 1.807) is 18.2 Å². The van der Waals surface area contributed by atoms with Crippen molar-refractivity contribution in [3.8, 4) is 5.75 Å². The Kier molecular flexibility index (Phi) is 4.62. The predicted molar refractivity (Wildman–Crippen MR) is 112 cm³/mol. The highest BCUT2D eigenvalue weighted by molar-refractivity contribution is 5.92. The highest BCUT2D eigenvalue weighted by Gasteiger charge is 2.52. The maximum Gasteiger partial charge on any atom is 0.417 e. The Balaban J connectivity index is 1.41. The molecule has 1 saturated carbocycles. The smallest absolute Gasteiger partial charge is 0.417 e. The average Bonchev–Trinajstić information content (AvgIpc) is 3.21. The van der Waals surface area contributed by atoms with Crippen molar-refractivity contribution in [3.63, 3.8) is 0 Å². The van der Waals surface area contributed by atoms with Crippen molar-refractivity contribution in [3.05, 3.63) is 64.1 Å². The highest BCUT2D eigenvalue weighted by atomic mass is 16.4. The van der Waals surface area contributed by atoms with Gasteiger partial charge in [0.25, 0.3) is 0 Å². The van der Waals surface area contributed by atoms with Gasteiger partial charge in [0.2, 0.25) is 5.91 Å². The van der Waals surface area contributed by atoms with E-state index in [0.29, 0.717) is 11.1 Å². The highest BCUT2D eigenvalue weighted by Crippen LogP contribution is 2.49. The monoisotopic (exact) mass is 407 g/mol. The van der Waals surface area contributed by atoms with Gasteiger partial charge in [0.15, 0.2) is 5.58 Å². The molecule has 1 atom stereocenters. The third kappa shape index (κ3) is 3.50. The van der Waals surface area contributed by atoms with Crippen LogP contribution in [0.5, 0.6) is 5.75 Å². The molecule has 3 aromatic rings. The number of hydrogen-bond donors (Lipinski definition) is 3. The number of likely N-dealkylation sites (tertiary alicyclic amines) is 1. The van der Waals surface area contributed by atoms with Gasteiger partial charge < -0.3 is 19.7 Å². The van der Waals surface area contributed by atoms with E-state index in [0.717, 1.165) is 43.6 Å². The maximum absolute atomic E-state index is 13.4. The predicted octanol–water partition coefficient (Wildman–Crippen LogP) is 2.81. The first-order valence-corrected chi connectivity index (χ1v) is 10.5. The fourth-order valence-corrected chi connectivity index (χ4v) is 4.52. The molecule has 3 N–H and O–H groups in total. The van der Waals surface area contributed by atoms with Gasteiger partial charge in [-0.05, 0) is 74.2 Å². The van der Waals surface area contributed by atoms with Gasteiger partial charge in [-0.25, -0.2) is 4.79 Å². The fourth-order valence-electron chi connectivity index (χ4n) is 4.52. The minimum Gasteiger partial charge on any atom is -0.508 e. The number of phenolic OH excluding ortho intramolecular Hbond substituents is 1. The molecule has 1 aliphatic carbocycles. The van der Waals surface area contributed by atoms with Crippen LogP contribution in [0.4, 0.5) is 0 Å². The van der Waals surface area contributed by atoms with Crippen molar-refractivity contribution in [2.75, 3.05) is 19.6 Å². The van der Waals surface area contributed by atoms with Gasteiger partial charge in [0, 0.05) is 6.54 Å². The molecule has 30 heavy (non-hydrogen) atoms. The molecule has 1 saturated heterocycles. The average molecular weight is 407 g/mol. The second kappa shape index (κ2) is 7.32. The summed E-state index contributed by atoms with van der Waals surface area (Å²) in [7, 11) is 0. The molecule has 7 nitrogen and oxygen atoms in total. The first kappa shape index (κ1) is 18.9. The number of aromatic hydroxyl groups is 1. The fraction of sp³-hybridized carbons (Fsp3) is 0.391. The number of fused-ring (bicyclic) bond motifs is 1. The van der Waals surface area contributed by atoms with Gasteiger partial charge in [-0.1, -0.05) is 18.2 Å². The van der Waals surface area contributed by atoms with Gasteiger partial charge >= 0.3 is 5.76 Å². The number of nitrogens with zero attached hydrogens (tertiary/aromatic N) is 1. The first-order chi connectivity index (χ1) is 14.5. The molecule has 7 heteroatoms. The molecule has 0 unspecified atom stereocenters. The van der Waals surface area contributed by atoms with Crippen molar-refractivity contribution >= 4 is 17.0 Å². The number of nitrogens with one attached hydrogen (secondary N) is 2. The molecule has 2 fully saturated rings.